The van der Waals surface area contributed by atoms with Crippen molar-refractivity contribution < 1.29 is 4.79 Å². The van der Waals surface area contributed by atoms with Crippen LogP contribution in [0.4, 0.5) is 0 Å². The van der Waals surface area contributed by atoms with Crippen molar-refractivity contribution in [2.75, 3.05) is 14.1 Å². The van der Waals surface area contributed by atoms with Crippen LogP contribution in [0.3, 0.4) is 0 Å². The minimum atomic E-state index is -0.255. The minimum absolute atomic E-state index is 0.189. The summed E-state index contributed by atoms with van der Waals surface area (Å²) in [4.78, 5) is 17.7. The summed E-state index contributed by atoms with van der Waals surface area (Å²) in [5, 5.41) is 4.52. The van der Waals surface area contributed by atoms with E-state index in [9.17, 15) is 4.79 Å². The molecule has 0 aliphatic heterocycles. The van der Waals surface area contributed by atoms with Crippen molar-refractivity contribution in [3.8, 4) is 0 Å². The van der Waals surface area contributed by atoms with Crippen LogP contribution in [-0.2, 0) is 18.4 Å². The Morgan fingerprint density at radius 3 is 2.38 bits per heavy atom. The lowest BCUT2D eigenvalue weighted by Gasteiger charge is -2.32. The van der Waals surface area contributed by atoms with Gasteiger partial charge in [-0.05, 0) is 58.8 Å². The van der Waals surface area contributed by atoms with Crippen molar-refractivity contribution in [2.24, 2.45) is 7.05 Å². The predicted molar refractivity (Wildman–Crippen MR) is 104 cm³/mol. The second kappa shape index (κ2) is 7.23. The quantitative estimate of drug-likeness (QED) is 0.800. The molecule has 26 heavy (non-hydrogen) atoms. The van der Waals surface area contributed by atoms with E-state index in [0.29, 0.717) is 12.6 Å². The van der Waals surface area contributed by atoms with Gasteiger partial charge < -0.3 is 4.90 Å². The van der Waals surface area contributed by atoms with E-state index in [0.717, 1.165) is 35.4 Å². The van der Waals surface area contributed by atoms with Crippen LogP contribution in [0, 0.1) is 20.8 Å². The molecule has 1 fully saturated rings. The van der Waals surface area contributed by atoms with Crippen LogP contribution in [0.1, 0.15) is 47.0 Å². The summed E-state index contributed by atoms with van der Waals surface area (Å²) in [5.74, 6) is 0.189. The summed E-state index contributed by atoms with van der Waals surface area (Å²) in [5.41, 5.74) is 5.57. The fourth-order valence-corrected chi connectivity index (χ4v) is 3.67. The minimum Gasteiger partial charge on any atom is -0.334 e. The largest absolute Gasteiger partial charge is 0.334 e. The van der Waals surface area contributed by atoms with Gasteiger partial charge in [-0.15, -0.1) is 0 Å². The third-order valence-corrected chi connectivity index (χ3v) is 5.49. The zero-order valence-electron chi connectivity index (χ0n) is 16.8. The Kier molecular flexibility index (Phi) is 5.19. The Labute approximate surface area is 156 Å². The van der Waals surface area contributed by atoms with Crippen LogP contribution in [0.25, 0.3) is 0 Å². The molecule has 1 saturated carbocycles. The van der Waals surface area contributed by atoms with Crippen LogP contribution in [0.15, 0.2) is 24.3 Å². The molecule has 0 N–H and O–H groups in total. The third kappa shape index (κ3) is 3.54. The van der Waals surface area contributed by atoms with E-state index >= 15 is 0 Å². The van der Waals surface area contributed by atoms with Crippen LogP contribution >= 0.6 is 0 Å². The molecule has 1 aliphatic rings. The van der Waals surface area contributed by atoms with Gasteiger partial charge in [0.05, 0.1) is 5.69 Å². The molecule has 5 heteroatoms. The molecule has 1 aromatic carbocycles. The van der Waals surface area contributed by atoms with E-state index in [2.05, 4.69) is 36.0 Å². The van der Waals surface area contributed by atoms with E-state index in [1.54, 1.807) is 0 Å². The first-order valence-electron chi connectivity index (χ1n) is 9.32. The second-order valence-corrected chi connectivity index (χ2v) is 7.69. The highest BCUT2D eigenvalue weighted by molar-refractivity contribution is 5.84. The van der Waals surface area contributed by atoms with Gasteiger partial charge >= 0.3 is 0 Å². The van der Waals surface area contributed by atoms with Gasteiger partial charge in [0.1, 0.15) is 6.04 Å². The van der Waals surface area contributed by atoms with Gasteiger partial charge in [-0.1, -0.05) is 24.3 Å². The molecule has 1 heterocycles. The maximum atomic E-state index is 13.6. The van der Waals surface area contributed by atoms with Crippen molar-refractivity contribution in [1.82, 2.24) is 19.6 Å². The van der Waals surface area contributed by atoms with Gasteiger partial charge in [0.2, 0.25) is 5.91 Å². The Bertz CT molecular complexity index is 804. The molecule has 1 amide bonds. The number of benzene rings is 1. The predicted octanol–water partition coefficient (Wildman–Crippen LogP) is 3.14. The lowest BCUT2D eigenvalue weighted by molar-refractivity contribution is -0.137. The standard InChI is InChI=1S/C21H30N4O/c1-14-9-7-8-10-18(14)20(23(4)5)21(26)25(17-11-12-17)13-19-15(2)22-24(6)16(19)3/h7-10,17,20H,11-13H2,1-6H3/t20-/m1/s1. The highest BCUT2D eigenvalue weighted by Crippen LogP contribution is 2.34. The highest BCUT2D eigenvalue weighted by atomic mass is 16.2. The first-order valence-corrected chi connectivity index (χ1v) is 9.32. The number of amides is 1. The molecule has 1 atom stereocenters. The number of rotatable bonds is 6. The lowest BCUT2D eigenvalue weighted by Crippen LogP contribution is -2.41. The molecule has 140 valence electrons. The number of nitrogens with zero attached hydrogens (tertiary/aromatic N) is 4. The molecule has 3 rings (SSSR count). The maximum Gasteiger partial charge on any atom is 0.245 e. The SMILES string of the molecule is Cc1ccccc1[C@H](C(=O)N(Cc1c(C)nn(C)c1C)C1CC1)N(C)C. The van der Waals surface area contributed by atoms with E-state index in [1.165, 1.54) is 5.56 Å². The molecule has 0 saturated heterocycles. The smallest absolute Gasteiger partial charge is 0.245 e. The second-order valence-electron chi connectivity index (χ2n) is 7.69. The van der Waals surface area contributed by atoms with Crippen molar-refractivity contribution in [2.45, 2.75) is 52.2 Å². The average molecular weight is 354 g/mol. The van der Waals surface area contributed by atoms with Crippen LogP contribution in [0.2, 0.25) is 0 Å². The fraction of sp³-hybridized carbons (Fsp3) is 0.524. The molecule has 5 nitrogen and oxygen atoms in total. The number of aryl methyl sites for hydroxylation is 3. The number of carbonyl (C=O) groups excluding carboxylic acids is 1. The fourth-order valence-electron chi connectivity index (χ4n) is 3.67. The van der Waals surface area contributed by atoms with E-state index in [4.69, 9.17) is 0 Å². The number of hydrogen-bond donors (Lipinski definition) is 0. The van der Waals surface area contributed by atoms with Crippen LogP contribution in [-0.4, -0.2) is 45.6 Å². The molecule has 1 aliphatic carbocycles. The summed E-state index contributed by atoms with van der Waals surface area (Å²) in [7, 11) is 5.94. The molecule has 0 radical (unpaired) electrons. The monoisotopic (exact) mass is 354 g/mol. The lowest BCUT2D eigenvalue weighted by atomic mass is 9.99. The molecule has 0 bridgehead atoms. The van der Waals surface area contributed by atoms with Crippen molar-refractivity contribution >= 4 is 5.91 Å². The maximum absolute atomic E-state index is 13.6. The van der Waals surface area contributed by atoms with Gasteiger partial charge in [0.25, 0.3) is 0 Å². The molecule has 0 unspecified atom stereocenters. The van der Waals surface area contributed by atoms with Crippen molar-refractivity contribution in [3.05, 3.63) is 52.3 Å². The first kappa shape index (κ1) is 18.6. The number of likely N-dealkylation sites (N-methyl/N-ethyl adjacent to an activating group) is 1. The Hall–Kier alpha value is -2.14. The molecular formula is C21H30N4O. The van der Waals surface area contributed by atoms with E-state index in [-0.39, 0.29) is 11.9 Å². The van der Waals surface area contributed by atoms with Gasteiger partial charge in [-0.2, -0.15) is 5.10 Å². The highest BCUT2D eigenvalue weighted by Gasteiger charge is 2.38. The number of aromatic nitrogens is 2. The molecule has 0 spiro atoms. The topological polar surface area (TPSA) is 41.4 Å². The number of hydrogen-bond acceptors (Lipinski definition) is 3. The zero-order valence-corrected chi connectivity index (χ0v) is 16.8. The summed E-state index contributed by atoms with van der Waals surface area (Å²) in [6.45, 7) is 6.83. The van der Waals surface area contributed by atoms with Crippen LogP contribution in [0.5, 0.6) is 0 Å². The van der Waals surface area contributed by atoms with Gasteiger partial charge in [-0.25, -0.2) is 0 Å². The molecule has 1 aromatic heterocycles. The normalized spacial score (nSPS) is 15.3. The number of carbonyl (C=O) groups is 1. The Morgan fingerprint density at radius 2 is 1.88 bits per heavy atom. The van der Waals surface area contributed by atoms with Crippen molar-refractivity contribution in [3.63, 3.8) is 0 Å². The summed E-state index contributed by atoms with van der Waals surface area (Å²) >= 11 is 0. The van der Waals surface area contributed by atoms with Crippen LogP contribution < -0.4 is 0 Å². The van der Waals surface area contributed by atoms with Gasteiger partial charge in [0, 0.05) is 30.9 Å². The van der Waals surface area contributed by atoms with E-state index < -0.39 is 0 Å². The third-order valence-electron chi connectivity index (χ3n) is 5.49. The average Bonchev–Trinajstić information content (AvgIpc) is 3.37. The molecular weight excluding hydrogens is 324 g/mol. The Morgan fingerprint density at radius 1 is 1.23 bits per heavy atom. The Balaban J connectivity index is 1.94. The summed E-state index contributed by atoms with van der Waals surface area (Å²) in [6.07, 6.45) is 2.19. The summed E-state index contributed by atoms with van der Waals surface area (Å²) < 4.78 is 1.91. The van der Waals surface area contributed by atoms with Gasteiger partial charge in [-0.3, -0.25) is 14.4 Å². The summed E-state index contributed by atoms with van der Waals surface area (Å²) in [6, 6.07) is 8.29. The van der Waals surface area contributed by atoms with Gasteiger partial charge in [0.15, 0.2) is 0 Å². The van der Waals surface area contributed by atoms with Crippen molar-refractivity contribution in [1.29, 1.82) is 0 Å². The van der Waals surface area contributed by atoms with E-state index in [1.807, 2.05) is 49.8 Å². The molecule has 2 aromatic rings. The zero-order chi connectivity index (χ0) is 19.0. The first-order chi connectivity index (χ1) is 12.3.